The van der Waals surface area contributed by atoms with Crippen LogP contribution >= 0.6 is 0 Å². The molecule has 0 bridgehead atoms. The van der Waals surface area contributed by atoms with Gasteiger partial charge in [0, 0.05) is 31.9 Å². The lowest BCUT2D eigenvalue weighted by Crippen LogP contribution is -2.28. The number of nitrogens with zero attached hydrogens (tertiary/aromatic N) is 2. The second kappa shape index (κ2) is 7.43. The van der Waals surface area contributed by atoms with Crippen LogP contribution in [0.25, 0.3) is 0 Å². The normalized spacial score (nSPS) is 11.4. The predicted molar refractivity (Wildman–Crippen MR) is 89.2 cm³/mol. The lowest BCUT2D eigenvalue weighted by atomic mass is 10.1. The summed E-state index contributed by atoms with van der Waals surface area (Å²) in [6, 6.07) is 15.9. The first-order valence-electron chi connectivity index (χ1n) is 7.25. The zero-order chi connectivity index (χ0) is 16.8. The summed E-state index contributed by atoms with van der Waals surface area (Å²) in [6.45, 7) is 0.125. The van der Waals surface area contributed by atoms with Gasteiger partial charge in [-0.1, -0.05) is 12.1 Å². The molecular weight excluding hydrogens is 290 g/mol. The first-order chi connectivity index (χ1) is 11.0. The van der Waals surface area contributed by atoms with Crippen molar-refractivity contribution in [2.45, 2.75) is 6.10 Å². The maximum Gasteiger partial charge on any atom is 0.251 e. The van der Waals surface area contributed by atoms with Gasteiger partial charge < -0.3 is 15.3 Å². The Morgan fingerprint density at radius 2 is 1.78 bits per heavy atom. The van der Waals surface area contributed by atoms with Crippen molar-refractivity contribution in [2.24, 2.45) is 0 Å². The summed E-state index contributed by atoms with van der Waals surface area (Å²) in [5.41, 5.74) is 2.75. The average Bonchev–Trinajstić information content (AvgIpc) is 2.59. The van der Waals surface area contributed by atoms with Gasteiger partial charge in [-0.2, -0.15) is 5.26 Å². The van der Waals surface area contributed by atoms with E-state index in [4.69, 9.17) is 5.26 Å². The molecule has 1 amide bonds. The first kappa shape index (κ1) is 16.5. The van der Waals surface area contributed by atoms with E-state index >= 15 is 0 Å². The summed E-state index contributed by atoms with van der Waals surface area (Å²) in [5.74, 6) is -0.279. The number of hydrogen-bond donors (Lipinski definition) is 2. The number of carbonyl (C=O) groups is 1. The third kappa shape index (κ3) is 4.31. The smallest absolute Gasteiger partial charge is 0.251 e. The van der Waals surface area contributed by atoms with Crippen LogP contribution in [0.4, 0.5) is 5.69 Å². The highest BCUT2D eigenvalue weighted by atomic mass is 16.3. The molecule has 0 aliphatic heterocycles. The van der Waals surface area contributed by atoms with Gasteiger partial charge in [0.2, 0.25) is 0 Å². The molecule has 1 unspecified atom stereocenters. The third-order valence-electron chi connectivity index (χ3n) is 3.53. The molecule has 0 saturated heterocycles. The fourth-order valence-corrected chi connectivity index (χ4v) is 2.10. The summed E-state index contributed by atoms with van der Waals surface area (Å²) in [6.07, 6.45) is -0.770. The Hall–Kier alpha value is -2.84. The molecule has 0 spiro atoms. The largest absolute Gasteiger partial charge is 0.387 e. The fraction of sp³-hybridized carbons (Fsp3) is 0.222. The van der Waals surface area contributed by atoms with Crippen molar-refractivity contribution in [3.63, 3.8) is 0 Å². The molecule has 118 valence electrons. The lowest BCUT2D eigenvalue weighted by Gasteiger charge is -2.15. The van der Waals surface area contributed by atoms with E-state index in [2.05, 4.69) is 5.32 Å². The first-order valence-corrected chi connectivity index (χ1v) is 7.25. The molecular formula is C18H19N3O2. The summed E-state index contributed by atoms with van der Waals surface area (Å²) in [5, 5.41) is 21.6. The van der Waals surface area contributed by atoms with Crippen LogP contribution in [-0.4, -0.2) is 31.7 Å². The highest BCUT2D eigenvalue weighted by Gasteiger charge is 2.11. The number of amides is 1. The Labute approximate surface area is 135 Å². The molecule has 0 aromatic heterocycles. The van der Waals surface area contributed by atoms with Crippen LogP contribution in [0, 0.1) is 11.3 Å². The summed E-state index contributed by atoms with van der Waals surface area (Å²) in [4.78, 5) is 14.0. The van der Waals surface area contributed by atoms with E-state index in [0.29, 0.717) is 11.1 Å². The third-order valence-corrected chi connectivity index (χ3v) is 3.53. The van der Waals surface area contributed by atoms with Crippen molar-refractivity contribution >= 4 is 11.6 Å². The van der Waals surface area contributed by atoms with Gasteiger partial charge in [0.1, 0.15) is 0 Å². The molecule has 0 heterocycles. The van der Waals surface area contributed by atoms with Crippen molar-refractivity contribution in [3.05, 3.63) is 65.2 Å². The van der Waals surface area contributed by atoms with Gasteiger partial charge in [0.25, 0.3) is 5.91 Å². The van der Waals surface area contributed by atoms with E-state index in [1.165, 1.54) is 0 Å². The van der Waals surface area contributed by atoms with Gasteiger partial charge in [0.05, 0.1) is 17.7 Å². The zero-order valence-electron chi connectivity index (χ0n) is 13.2. The van der Waals surface area contributed by atoms with E-state index in [0.717, 1.165) is 11.3 Å². The molecule has 2 rings (SSSR count). The van der Waals surface area contributed by atoms with Crippen LogP contribution in [0.5, 0.6) is 0 Å². The summed E-state index contributed by atoms with van der Waals surface area (Å²) in [7, 11) is 3.90. The average molecular weight is 309 g/mol. The van der Waals surface area contributed by atoms with E-state index in [1.54, 1.807) is 24.3 Å². The second-order valence-corrected chi connectivity index (χ2v) is 5.40. The molecule has 1 atom stereocenters. The van der Waals surface area contributed by atoms with Crippen LogP contribution in [0.15, 0.2) is 48.5 Å². The number of nitrogens with one attached hydrogen (secondary N) is 1. The Bertz CT molecular complexity index is 701. The van der Waals surface area contributed by atoms with Crippen LogP contribution in [-0.2, 0) is 0 Å². The Kier molecular flexibility index (Phi) is 5.34. The number of hydrogen-bond acceptors (Lipinski definition) is 4. The van der Waals surface area contributed by atoms with Gasteiger partial charge in [0.15, 0.2) is 0 Å². The summed E-state index contributed by atoms with van der Waals surface area (Å²) >= 11 is 0. The highest BCUT2D eigenvalue weighted by molar-refractivity contribution is 5.94. The predicted octanol–water partition coefficient (Wildman–Crippen LogP) is 2.09. The molecule has 0 aliphatic carbocycles. The second-order valence-electron chi connectivity index (χ2n) is 5.40. The number of aliphatic hydroxyl groups excluding tert-OH is 1. The highest BCUT2D eigenvalue weighted by Crippen LogP contribution is 2.17. The van der Waals surface area contributed by atoms with Gasteiger partial charge >= 0.3 is 0 Å². The fourth-order valence-electron chi connectivity index (χ4n) is 2.10. The number of carbonyl (C=O) groups excluding carboxylic acids is 1. The molecule has 0 aliphatic rings. The molecule has 0 radical (unpaired) electrons. The number of anilines is 1. The zero-order valence-corrected chi connectivity index (χ0v) is 13.2. The quantitative estimate of drug-likeness (QED) is 0.886. The number of benzene rings is 2. The molecule has 0 fully saturated rings. The topological polar surface area (TPSA) is 76.4 Å². The van der Waals surface area contributed by atoms with Crippen LogP contribution in [0.1, 0.15) is 27.6 Å². The molecule has 2 aromatic rings. The molecule has 2 aromatic carbocycles. The standard InChI is InChI=1S/C18H19N3O2/c1-21(2)16-9-7-14(8-10-16)17(22)12-20-18(23)15-5-3-13(11-19)4-6-15/h3-10,17,22H,12H2,1-2H3,(H,20,23). The molecule has 23 heavy (non-hydrogen) atoms. The van der Waals surface area contributed by atoms with Gasteiger partial charge in [-0.3, -0.25) is 4.79 Å². The number of aliphatic hydroxyl groups is 1. The monoisotopic (exact) mass is 309 g/mol. The van der Waals surface area contributed by atoms with E-state index in [1.807, 2.05) is 49.3 Å². The van der Waals surface area contributed by atoms with Crippen molar-refractivity contribution in [1.29, 1.82) is 5.26 Å². The minimum Gasteiger partial charge on any atom is -0.387 e. The maximum atomic E-state index is 12.0. The van der Waals surface area contributed by atoms with Crippen LogP contribution in [0.2, 0.25) is 0 Å². The Balaban J connectivity index is 1.93. The van der Waals surface area contributed by atoms with E-state index in [9.17, 15) is 9.90 Å². The van der Waals surface area contributed by atoms with Crippen molar-refractivity contribution < 1.29 is 9.90 Å². The van der Waals surface area contributed by atoms with Gasteiger partial charge in [-0.25, -0.2) is 0 Å². The van der Waals surface area contributed by atoms with Crippen LogP contribution in [0.3, 0.4) is 0 Å². The van der Waals surface area contributed by atoms with Crippen molar-refractivity contribution in [2.75, 3.05) is 25.5 Å². The summed E-state index contributed by atoms with van der Waals surface area (Å²) < 4.78 is 0. The van der Waals surface area contributed by atoms with Crippen LogP contribution < -0.4 is 10.2 Å². The molecule has 2 N–H and O–H groups in total. The van der Waals surface area contributed by atoms with Gasteiger partial charge in [-0.15, -0.1) is 0 Å². The Morgan fingerprint density at radius 1 is 1.17 bits per heavy atom. The number of nitriles is 1. The van der Waals surface area contributed by atoms with E-state index < -0.39 is 6.10 Å². The van der Waals surface area contributed by atoms with Crippen molar-refractivity contribution in [3.8, 4) is 6.07 Å². The van der Waals surface area contributed by atoms with Gasteiger partial charge in [-0.05, 0) is 42.0 Å². The SMILES string of the molecule is CN(C)c1ccc(C(O)CNC(=O)c2ccc(C#N)cc2)cc1. The Morgan fingerprint density at radius 3 is 2.30 bits per heavy atom. The molecule has 0 saturated carbocycles. The molecule has 5 nitrogen and oxygen atoms in total. The minimum absolute atomic E-state index is 0.125. The number of rotatable bonds is 5. The minimum atomic E-state index is -0.770. The van der Waals surface area contributed by atoms with Crippen molar-refractivity contribution in [1.82, 2.24) is 5.32 Å². The maximum absolute atomic E-state index is 12.0. The molecule has 5 heteroatoms. The lowest BCUT2D eigenvalue weighted by molar-refractivity contribution is 0.0916. The van der Waals surface area contributed by atoms with E-state index in [-0.39, 0.29) is 12.5 Å².